The fraction of sp³-hybridized carbons (Fsp3) is 0.552. The summed E-state index contributed by atoms with van der Waals surface area (Å²) in [5.41, 5.74) is 2.71. The highest BCUT2D eigenvalue weighted by Gasteiger charge is 2.41. The molecule has 0 bridgehead atoms. The zero-order valence-corrected chi connectivity index (χ0v) is 23.8. The zero-order valence-electron chi connectivity index (χ0n) is 23.0. The number of rotatable bonds is 7. The van der Waals surface area contributed by atoms with E-state index >= 15 is 0 Å². The van der Waals surface area contributed by atoms with Crippen LogP contribution in [0.25, 0.3) is 21.3 Å². The van der Waals surface area contributed by atoms with Crippen molar-refractivity contribution in [3.05, 3.63) is 36.4 Å². The number of nitrogens with zero attached hydrogens (tertiary/aromatic N) is 5. The topological polar surface area (TPSA) is 121 Å². The van der Waals surface area contributed by atoms with Gasteiger partial charge in [-0.15, -0.1) is 0 Å². The van der Waals surface area contributed by atoms with E-state index in [1.807, 2.05) is 23.1 Å². The van der Waals surface area contributed by atoms with E-state index in [-0.39, 0.29) is 30.4 Å². The average Bonchev–Trinajstić information content (AvgIpc) is 3.52. The molecule has 3 heterocycles. The number of benzene rings is 1. The highest BCUT2D eigenvalue weighted by Crippen LogP contribution is 2.36. The van der Waals surface area contributed by atoms with E-state index in [0.29, 0.717) is 23.0 Å². The molecule has 40 heavy (non-hydrogen) atoms. The highest BCUT2D eigenvalue weighted by atomic mass is 32.1. The maximum Gasteiger partial charge on any atom is 0.229 e. The molecule has 10 nitrogen and oxygen atoms in total. The average molecular weight is 565 g/mol. The van der Waals surface area contributed by atoms with Crippen molar-refractivity contribution >= 4 is 38.5 Å². The summed E-state index contributed by atoms with van der Waals surface area (Å²) in [5, 5.41) is 13.6. The number of fused-ring (bicyclic) bond motifs is 1. The Morgan fingerprint density at radius 1 is 1.15 bits per heavy atom. The maximum atomic E-state index is 12.9. The lowest BCUT2D eigenvalue weighted by Crippen LogP contribution is -2.59. The number of aliphatic hydroxyl groups excluding tert-OH is 1. The molecule has 3 fully saturated rings. The Balaban J connectivity index is 1.02. The predicted molar refractivity (Wildman–Crippen MR) is 153 cm³/mol. The molecular weight excluding hydrogens is 528 g/mol. The summed E-state index contributed by atoms with van der Waals surface area (Å²) in [4.78, 5) is 42.5. The van der Waals surface area contributed by atoms with Gasteiger partial charge < -0.3 is 20.1 Å². The van der Waals surface area contributed by atoms with Crippen LogP contribution >= 0.6 is 11.3 Å². The van der Waals surface area contributed by atoms with Gasteiger partial charge in [-0.1, -0.05) is 17.4 Å². The van der Waals surface area contributed by atoms with Crippen molar-refractivity contribution in [1.29, 1.82) is 0 Å². The van der Waals surface area contributed by atoms with Crippen molar-refractivity contribution < 1.29 is 19.4 Å². The zero-order chi connectivity index (χ0) is 27.8. The monoisotopic (exact) mass is 564 g/mol. The number of ether oxygens (including phenoxy) is 1. The van der Waals surface area contributed by atoms with Crippen LogP contribution in [-0.4, -0.2) is 85.6 Å². The minimum atomic E-state index is -0.393. The van der Waals surface area contributed by atoms with E-state index in [9.17, 15) is 14.7 Å². The molecule has 2 N–H and O–H groups in total. The second-order valence-electron chi connectivity index (χ2n) is 11.3. The number of nitrogens with one attached hydrogen (secondary N) is 1. The summed E-state index contributed by atoms with van der Waals surface area (Å²) in [5.74, 6) is 0.746. The van der Waals surface area contributed by atoms with E-state index in [2.05, 4.69) is 32.1 Å². The van der Waals surface area contributed by atoms with Crippen LogP contribution in [0.5, 0.6) is 0 Å². The van der Waals surface area contributed by atoms with Crippen molar-refractivity contribution in [3.8, 4) is 11.1 Å². The highest BCUT2D eigenvalue weighted by molar-refractivity contribution is 7.22. The largest absolute Gasteiger partial charge is 0.390 e. The normalized spacial score (nSPS) is 27.1. The first-order valence-corrected chi connectivity index (χ1v) is 15.0. The lowest BCUT2D eigenvalue weighted by atomic mass is 9.78. The van der Waals surface area contributed by atoms with Gasteiger partial charge in [-0.2, -0.15) is 0 Å². The van der Waals surface area contributed by atoms with E-state index in [0.717, 1.165) is 73.1 Å². The third-order valence-electron chi connectivity index (χ3n) is 8.58. The molecule has 3 aliphatic rings. The SMILES string of the molecule is CC(=O)N1CCN([C@H]2C[C@@H](C(=O)Nc3nc4ccc(-c5cnc(CO[C@H]6CCC[C@@H]6O)nc5)cc4s3)C2)[C@@H](C)C1. The summed E-state index contributed by atoms with van der Waals surface area (Å²) in [6.45, 7) is 6.46. The molecule has 2 saturated carbocycles. The number of carbonyl (C=O) groups excluding carboxylic acids is 2. The fourth-order valence-corrected chi connectivity index (χ4v) is 7.01. The third kappa shape index (κ3) is 5.74. The van der Waals surface area contributed by atoms with Gasteiger partial charge in [0, 0.05) is 62.5 Å². The van der Waals surface area contributed by atoms with Crippen LogP contribution in [0.2, 0.25) is 0 Å². The molecule has 1 aromatic carbocycles. The Labute approximate surface area is 237 Å². The molecule has 0 unspecified atom stereocenters. The lowest BCUT2D eigenvalue weighted by Gasteiger charge is -2.49. The molecule has 1 aliphatic heterocycles. The molecule has 2 aliphatic carbocycles. The van der Waals surface area contributed by atoms with E-state index in [1.165, 1.54) is 11.3 Å². The van der Waals surface area contributed by atoms with Gasteiger partial charge in [-0.05, 0) is 56.7 Å². The van der Waals surface area contributed by atoms with Crippen LogP contribution in [0.1, 0.15) is 51.8 Å². The summed E-state index contributed by atoms with van der Waals surface area (Å²) < 4.78 is 6.77. The first-order valence-electron chi connectivity index (χ1n) is 14.2. The van der Waals surface area contributed by atoms with E-state index in [1.54, 1.807) is 19.3 Å². The van der Waals surface area contributed by atoms with Crippen molar-refractivity contribution in [2.75, 3.05) is 25.0 Å². The molecule has 6 rings (SSSR count). The first-order chi connectivity index (χ1) is 19.3. The molecule has 0 radical (unpaired) electrons. The number of aromatic nitrogens is 3. The van der Waals surface area contributed by atoms with E-state index < -0.39 is 6.10 Å². The second kappa shape index (κ2) is 11.5. The van der Waals surface area contributed by atoms with Gasteiger partial charge in [-0.25, -0.2) is 15.0 Å². The van der Waals surface area contributed by atoms with Gasteiger partial charge in [0.25, 0.3) is 0 Å². The van der Waals surface area contributed by atoms with Crippen LogP contribution in [-0.2, 0) is 20.9 Å². The standard InChI is InChI=1S/C29H36N6O4S/c1-17-15-34(18(2)36)8-9-35(17)22-10-20(11-22)28(38)33-29-32-23-7-6-19(12-26(23)40-29)21-13-30-27(31-14-21)16-39-25-5-3-4-24(25)37/h6-7,12-14,17,20,22,24-25,37H,3-5,8-11,15-16H2,1-2H3,(H,32,33,38)/t17-,20-,22+,24-,25-/m0/s1. The molecule has 3 atom stereocenters. The van der Waals surface area contributed by atoms with Gasteiger partial charge in [0.1, 0.15) is 6.61 Å². The maximum absolute atomic E-state index is 12.9. The Morgan fingerprint density at radius 3 is 2.65 bits per heavy atom. The van der Waals surface area contributed by atoms with E-state index in [4.69, 9.17) is 4.74 Å². The van der Waals surface area contributed by atoms with Gasteiger partial charge in [-0.3, -0.25) is 14.5 Å². The number of aliphatic hydroxyl groups is 1. The molecule has 0 spiro atoms. The van der Waals surface area contributed by atoms with Gasteiger partial charge in [0.2, 0.25) is 11.8 Å². The lowest BCUT2D eigenvalue weighted by molar-refractivity contribution is -0.133. The Kier molecular flexibility index (Phi) is 7.80. The van der Waals surface area contributed by atoms with Crippen LogP contribution in [0.15, 0.2) is 30.6 Å². The van der Waals surface area contributed by atoms with Crippen molar-refractivity contribution in [2.45, 2.75) is 76.9 Å². The van der Waals surface area contributed by atoms with Crippen LogP contribution in [0, 0.1) is 5.92 Å². The molecule has 212 valence electrons. The number of anilines is 1. The number of amides is 2. The Hall–Kier alpha value is -2.99. The van der Waals surface area contributed by atoms with Gasteiger partial charge in [0.05, 0.1) is 22.4 Å². The van der Waals surface area contributed by atoms with Crippen molar-refractivity contribution in [3.63, 3.8) is 0 Å². The molecule has 11 heteroatoms. The summed E-state index contributed by atoms with van der Waals surface area (Å²) in [6, 6.07) is 6.70. The number of hydrogen-bond donors (Lipinski definition) is 2. The second-order valence-corrected chi connectivity index (χ2v) is 12.3. The first kappa shape index (κ1) is 27.2. The smallest absolute Gasteiger partial charge is 0.229 e. The molecule has 3 aromatic rings. The van der Waals surface area contributed by atoms with Crippen LogP contribution in [0.4, 0.5) is 5.13 Å². The summed E-state index contributed by atoms with van der Waals surface area (Å²) in [6.07, 6.45) is 7.38. The quantitative estimate of drug-likeness (QED) is 0.448. The van der Waals surface area contributed by atoms with Crippen molar-refractivity contribution in [1.82, 2.24) is 24.8 Å². The van der Waals surface area contributed by atoms with Crippen molar-refractivity contribution in [2.24, 2.45) is 5.92 Å². The molecule has 2 amide bonds. The minimum absolute atomic E-state index is 0.0119. The van der Waals surface area contributed by atoms with Gasteiger partial charge in [0.15, 0.2) is 11.0 Å². The third-order valence-corrected chi connectivity index (χ3v) is 9.51. The molecular formula is C29H36N6O4S. The minimum Gasteiger partial charge on any atom is -0.390 e. The summed E-state index contributed by atoms with van der Waals surface area (Å²) in [7, 11) is 0. The fourth-order valence-electron chi connectivity index (χ4n) is 6.10. The molecule has 1 saturated heterocycles. The number of hydrogen-bond acceptors (Lipinski definition) is 9. The predicted octanol–water partition coefficient (Wildman–Crippen LogP) is 3.45. The summed E-state index contributed by atoms with van der Waals surface area (Å²) >= 11 is 1.47. The Morgan fingerprint density at radius 2 is 1.95 bits per heavy atom. The van der Waals surface area contributed by atoms with Crippen LogP contribution < -0.4 is 5.32 Å². The van der Waals surface area contributed by atoms with Crippen LogP contribution in [0.3, 0.4) is 0 Å². The molecule has 2 aromatic heterocycles. The Bertz CT molecular complexity index is 1370. The number of piperazine rings is 1. The number of thiazole rings is 1. The number of carbonyl (C=O) groups is 2. The van der Waals surface area contributed by atoms with Gasteiger partial charge >= 0.3 is 0 Å².